The molecule has 0 saturated heterocycles. The highest BCUT2D eigenvalue weighted by molar-refractivity contribution is 7.47. The standard InChI is InChI=1S/C79H154O17P2/c1-6-9-12-15-18-21-23-25-27-29-30-32-34-39-44-49-54-59-64-78(83)96-75(69-90-77(82)63-58-53-48-43-38-33-31-28-26-24-22-19-16-13-10-7-2)71-94-98(87,88)92-67-73(80)66-91-97(85,86)93-70-74(68-89-76(81)62-57-52-47-41-20-17-14-11-8-3)95-79(84)65-60-55-50-45-40-36-35-37-42-46-51-56-61-72(4)5/h72-75,80H,6-71H2,1-5H3,(H,85,86)(H,87,88)/t73-,74+,75+/m0/s1. The quantitative estimate of drug-likeness (QED) is 0.0222. The summed E-state index contributed by atoms with van der Waals surface area (Å²) in [5, 5.41) is 10.6. The Bertz CT molecular complexity index is 1870. The maximum absolute atomic E-state index is 13.1. The predicted molar refractivity (Wildman–Crippen MR) is 400 cm³/mol. The fourth-order valence-corrected chi connectivity index (χ4v) is 13.8. The lowest BCUT2D eigenvalue weighted by atomic mass is 10.0. The Balaban J connectivity index is 5.22. The summed E-state index contributed by atoms with van der Waals surface area (Å²) in [6, 6.07) is 0. The van der Waals surface area contributed by atoms with Crippen LogP contribution in [0.3, 0.4) is 0 Å². The van der Waals surface area contributed by atoms with Gasteiger partial charge in [0.2, 0.25) is 0 Å². The van der Waals surface area contributed by atoms with Gasteiger partial charge in [0.15, 0.2) is 12.2 Å². The fourth-order valence-electron chi connectivity index (χ4n) is 12.2. The minimum Gasteiger partial charge on any atom is -0.462 e. The van der Waals surface area contributed by atoms with E-state index in [9.17, 15) is 43.2 Å². The van der Waals surface area contributed by atoms with E-state index in [0.29, 0.717) is 25.7 Å². The molecule has 0 aliphatic rings. The zero-order valence-electron chi connectivity index (χ0n) is 63.9. The summed E-state index contributed by atoms with van der Waals surface area (Å²) in [7, 11) is -9.91. The molecule has 98 heavy (non-hydrogen) atoms. The molecule has 0 aromatic rings. The van der Waals surface area contributed by atoms with Crippen LogP contribution in [-0.4, -0.2) is 96.7 Å². The maximum Gasteiger partial charge on any atom is 0.472 e. The SMILES string of the molecule is CCCCCCCCCCCCCCCCCCCCC(=O)O[C@H](COC(=O)CCCCCCCCCCCCCCCCCC)COP(=O)(O)OC[C@@H](O)COP(=O)(O)OC[C@@H](COC(=O)CCCCCCCCCCC)OC(=O)CCCCCCCCCCCCCCC(C)C. The summed E-state index contributed by atoms with van der Waals surface area (Å²) in [5.41, 5.74) is 0. The second-order valence-corrected chi connectivity index (χ2v) is 31.8. The van der Waals surface area contributed by atoms with Crippen molar-refractivity contribution in [1.82, 2.24) is 0 Å². The Kier molecular flexibility index (Phi) is 70.6. The Morgan fingerprint density at radius 3 is 0.694 bits per heavy atom. The average Bonchev–Trinajstić information content (AvgIpc) is 1.00. The number of aliphatic hydroxyl groups excluding tert-OH is 1. The zero-order chi connectivity index (χ0) is 71.9. The lowest BCUT2D eigenvalue weighted by Crippen LogP contribution is -2.30. The van der Waals surface area contributed by atoms with E-state index in [1.54, 1.807) is 0 Å². The molecule has 0 heterocycles. The fraction of sp³-hybridized carbons (Fsp3) is 0.949. The van der Waals surface area contributed by atoms with Crippen molar-refractivity contribution in [3.63, 3.8) is 0 Å². The molecule has 0 bridgehead atoms. The molecule has 0 spiro atoms. The third-order valence-electron chi connectivity index (χ3n) is 18.5. The smallest absolute Gasteiger partial charge is 0.462 e. The number of hydrogen-bond acceptors (Lipinski definition) is 15. The molecule has 0 radical (unpaired) electrons. The minimum absolute atomic E-state index is 0.107. The molecule has 0 aliphatic carbocycles. The molecule has 0 rings (SSSR count). The molecule has 0 aromatic carbocycles. The van der Waals surface area contributed by atoms with E-state index in [1.807, 2.05) is 0 Å². The number of esters is 4. The molecule has 0 amide bonds. The van der Waals surface area contributed by atoms with Crippen LogP contribution in [0, 0.1) is 5.92 Å². The molecule has 0 aliphatic heterocycles. The third kappa shape index (κ3) is 72.4. The van der Waals surface area contributed by atoms with Gasteiger partial charge in [-0.15, -0.1) is 0 Å². The van der Waals surface area contributed by atoms with Crippen LogP contribution in [0.25, 0.3) is 0 Å². The largest absolute Gasteiger partial charge is 0.472 e. The first-order valence-corrected chi connectivity index (χ1v) is 44.1. The molecule has 0 aromatic heterocycles. The highest BCUT2D eigenvalue weighted by Crippen LogP contribution is 2.45. The molecule has 3 N–H and O–H groups in total. The van der Waals surface area contributed by atoms with Gasteiger partial charge < -0.3 is 33.8 Å². The number of rotatable bonds is 79. The minimum atomic E-state index is -4.96. The highest BCUT2D eigenvalue weighted by atomic mass is 31.2. The summed E-state index contributed by atoms with van der Waals surface area (Å²) in [4.78, 5) is 72.9. The van der Waals surface area contributed by atoms with Gasteiger partial charge in [0.25, 0.3) is 0 Å². The summed E-state index contributed by atoms with van der Waals surface area (Å²) in [6.07, 6.45) is 62.4. The van der Waals surface area contributed by atoms with Crippen LogP contribution < -0.4 is 0 Å². The molecular formula is C79H154O17P2. The number of carbonyl (C=O) groups excluding carboxylic acids is 4. The summed E-state index contributed by atoms with van der Waals surface area (Å²) in [5.74, 6) is -1.33. The Morgan fingerprint density at radius 1 is 0.276 bits per heavy atom. The molecule has 2 unspecified atom stereocenters. The van der Waals surface area contributed by atoms with E-state index in [1.165, 1.54) is 244 Å². The van der Waals surface area contributed by atoms with Crippen LogP contribution >= 0.6 is 15.6 Å². The predicted octanol–water partition coefficient (Wildman–Crippen LogP) is 23.6. The molecule has 582 valence electrons. The van der Waals surface area contributed by atoms with Crippen molar-refractivity contribution in [2.45, 2.75) is 438 Å². The Labute approximate surface area is 600 Å². The lowest BCUT2D eigenvalue weighted by Gasteiger charge is -2.21. The van der Waals surface area contributed by atoms with E-state index in [2.05, 4.69) is 34.6 Å². The number of phosphoric acid groups is 2. The molecule has 17 nitrogen and oxygen atoms in total. The van der Waals surface area contributed by atoms with Crippen molar-refractivity contribution in [3.8, 4) is 0 Å². The number of phosphoric ester groups is 2. The van der Waals surface area contributed by atoms with Crippen LogP contribution in [0.15, 0.2) is 0 Å². The van der Waals surface area contributed by atoms with Gasteiger partial charge in [-0.3, -0.25) is 37.3 Å². The van der Waals surface area contributed by atoms with Gasteiger partial charge in [-0.2, -0.15) is 0 Å². The Morgan fingerprint density at radius 2 is 0.469 bits per heavy atom. The first kappa shape index (κ1) is 96.1. The third-order valence-corrected chi connectivity index (χ3v) is 20.4. The maximum atomic E-state index is 13.1. The first-order chi connectivity index (χ1) is 47.5. The van der Waals surface area contributed by atoms with Gasteiger partial charge in [0.1, 0.15) is 19.3 Å². The number of aliphatic hydroxyl groups is 1. The van der Waals surface area contributed by atoms with Crippen molar-refractivity contribution in [3.05, 3.63) is 0 Å². The second-order valence-electron chi connectivity index (χ2n) is 28.9. The number of carbonyl (C=O) groups is 4. The normalized spacial score (nSPS) is 13.9. The van der Waals surface area contributed by atoms with Crippen molar-refractivity contribution in [2.24, 2.45) is 5.92 Å². The van der Waals surface area contributed by atoms with Gasteiger partial charge >= 0.3 is 39.5 Å². The van der Waals surface area contributed by atoms with Crippen LogP contribution in [0.5, 0.6) is 0 Å². The van der Waals surface area contributed by atoms with Gasteiger partial charge in [-0.05, 0) is 31.6 Å². The topological polar surface area (TPSA) is 237 Å². The van der Waals surface area contributed by atoms with Gasteiger partial charge in [-0.25, -0.2) is 9.13 Å². The molecular weight excluding hydrogens is 1280 g/mol. The molecule has 0 fully saturated rings. The number of ether oxygens (including phenoxy) is 4. The van der Waals surface area contributed by atoms with E-state index < -0.39 is 97.5 Å². The monoisotopic (exact) mass is 1440 g/mol. The van der Waals surface area contributed by atoms with Gasteiger partial charge in [0.05, 0.1) is 26.4 Å². The van der Waals surface area contributed by atoms with Crippen molar-refractivity contribution >= 4 is 39.5 Å². The summed E-state index contributed by atoms with van der Waals surface area (Å²) >= 11 is 0. The zero-order valence-corrected chi connectivity index (χ0v) is 65.7. The highest BCUT2D eigenvalue weighted by Gasteiger charge is 2.30. The van der Waals surface area contributed by atoms with Crippen LogP contribution in [0.2, 0.25) is 0 Å². The van der Waals surface area contributed by atoms with E-state index in [0.717, 1.165) is 95.8 Å². The van der Waals surface area contributed by atoms with Crippen molar-refractivity contribution in [2.75, 3.05) is 39.6 Å². The molecule has 5 atom stereocenters. The molecule has 0 saturated carbocycles. The Hall–Kier alpha value is -1.94. The van der Waals surface area contributed by atoms with Gasteiger partial charge in [-0.1, -0.05) is 369 Å². The van der Waals surface area contributed by atoms with Crippen molar-refractivity contribution in [1.29, 1.82) is 0 Å². The summed E-state index contributed by atoms with van der Waals surface area (Å²) in [6.45, 7) is 7.32. The van der Waals surface area contributed by atoms with Crippen LogP contribution in [0.1, 0.15) is 420 Å². The second kappa shape index (κ2) is 72.0. The first-order valence-electron chi connectivity index (χ1n) is 41.1. The number of hydrogen-bond donors (Lipinski definition) is 3. The average molecular weight is 1440 g/mol. The van der Waals surface area contributed by atoms with Crippen molar-refractivity contribution < 1.29 is 80.2 Å². The van der Waals surface area contributed by atoms with Crippen LogP contribution in [-0.2, 0) is 65.4 Å². The summed E-state index contributed by atoms with van der Waals surface area (Å²) < 4.78 is 68.6. The number of unbranched alkanes of at least 4 members (excludes halogenated alkanes) is 51. The van der Waals surface area contributed by atoms with E-state index >= 15 is 0 Å². The van der Waals surface area contributed by atoms with E-state index in [4.69, 9.17) is 37.0 Å². The van der Waals surface area contributed by atoms with Gasteiger partial charge in [0, 0.05) is 25.7 Å². The molecule has 19 heteroatoms. The van der Waals surface area contributed by atoms with Crippen LogP contribution in [0.4, 0.5) is 0 Å². The lowest BCUT2D eigenvalue weighted by molar-refractivity contribution is -0.161. The van der Waals surface area contributed by atoms with E-state index in [-0.39, 0.29) is 25.7 Å².